The minimum atomic E-state index is -0.515. The van der Waals surface area contributed by atoms with Gasteiger partial charge in [0.15, 0.2) is 0 Å². The SMILES string of the molecule is Cc1cccc(C2C[C@H](CO)N(C(=O)OC(C)(C)C)C2)c1. The van der Waals surface area contributed by atoms with Gasteiger partial charge in [0.1, 0.15) is 5.60 Å². The number of carbonyl (C=O) groups is 1. The summed E-state index contributed by atoms with van der Waals surface area (Å²) in [6, 6.07) is 8.18. The van der Waals surface area contributed by atoms with Crippen molar-refractivity contribution in [3.05, 3.63) is 35.4 Å². The van der Waals surface area contributed by atoms with E-state index in [1.807, 2.05) is 26.8 Å². The van der Waals surface area contributed by atoms with Crippen molar-refractivity contribution in [3.63, 3.8) is 0 Å². The molecule has 1 aliphatic rings. The predicted molar refractivity (Wildman–Crippen MR) is 82.4 cm³/mol. The van der Waals surface area contributed by atoms with E-state index in [1.54, 1.807) is 4.90 Å². The van der Waals surface area contributed by atoms with Crippen LogP contribution in [0.3, 0.4) is 0 Å². The van der Waals surface area contributed by atoms with Crippen LogP contribution in [0.15, 0.2) is 24.3 Å². The summed E-state index contributed by atoms with van der Waals surface area (Å²) in [5.74, 6) is 0.259. The maximum absolute atomic E-state index is 12.3. The first-order chi connectivity index (χ1) is 9.80. The van der Waals surface area contributed by atoms with Gasteiger partial charge in [-0.3, -0.25) is 0 Å². The maximum Gasteiger partial charge on any atom is 0.410 e. The Kier molecular flexibility index (Phi) is 4.57. The van der Waals surface area contributed by atoms with Crippen molar-refractivity contribution in [2.75, 3.05) is 13.2 Å². The molecule has 0 radical (unpaired) electrons. The van der Waals surface area contributed by atoms with Gasteiger partial charge in [-0.2, -0.15) is 0 Å². The molecule has 1 saturated heterocycles. The van der Waals surface area contributed by atoms with Gasteiger partial charge >= 0.3 is 6.09 Å². The summed E-state index contributed by atoms with van der Waals surface area (Å²) < 4.78 is 5.44. The van der Waals surface area contributed by atoms with Gasteiger partial charge in [-0.05, 0) is 39.7 Å². The Bertz CT molecular complexity index is 507. The van der Waals surface area contributed by atoms with Gasteiger partial charge in [0.05, 0.1) is 12.6 Å². The van der Waals surface area contributed by atoms with Crippen LogP contribution < -0.4 is 0 Å². The fourth-order valence-electron chi connectivity index (χ4n) is 2.80. The lowest BCUT2D eigenvalue weighted by molar-refractivity contribution is 0.0174. The third kappa shape index (κ3) is 3.97. The van der Waals surface area contributed by atoms with Crippen LogP contribution in [-0.2, 0) is 4.74 Å². The standard InChI is InChI=1S/C17H25NO3/c1-12-6-5-7-13(8-12)14-9-15(11-19)18(10-14)16(20)21-17(2,3)4/h5-8,14-15,19H,9-11H2,1-4H3/t14?,15-/m1/s1. The second-order valence-electron chi connectivity index (χ2n) is 6.82. The second kappa shape index (κ2) is 6.06. The molecule has 1 fully saturated rings. The molecule has 0 aromatic heterocycles. The largest absolute Gasteiger partial charge is 0.444 e. The van der Waals surface area contributed by atoms with Crippen LogP contribution in [0.4, 0.5) is 4.79 Å². The summed E-state index contributed by atoms with van der Waals surface area (Å²) in [7, 11) is 0. The number of carbonyl (C=O) groups excluding carboxylic acids is 1. The molecule has 21 heavy (non-hydrogen) atoms. The molecule has 2 atom stereocenters. The second-order valence-corrected chi connectivity index (χ2v) is 6.82. The van der Waals surface area contributed by atoms with Crippen LogP contribution in [-0.4, -0.2) is 40.9 Å². The number of hydrogen-bond acceptors (Lipinski definition) is 3. The van der Waals surface area contributed by atoms with Gasteiger partial charge in [0.25, 0.3) is 0 Å². The number of likely N-dealkylation sites (tertiary alicyclic amines) is 1. The molecule has 4 heteroatoms. The number of benzene rings is 1. The van der Waals surface area contributed by atoms with E-state index in [0.29, 0.717) is 6.54 Å². The van der Waals surface area contributed by atoms with Crippen molar-refractivity contribution in [1.29, 1.82) is 0 Å². The minimum Gasteiger partial charge on any atom is -0.444 e. The highest BCUT2D eigenvalue weighted by atomic mass is 16.6. The average molecular weight is 291 g/mol. The van der Waals surface area contributed by atoms with E-state index in [9.17, 15) is 9.90 Å². The Labute approximate surface area is 126 Å². The summed E-state index contributed by atoms with van der Waals surface area (Å²) in [6.07, 6.45) is 0.441. The van der Waals surface area contributed by atoms with Crippen molar-refractivity contribution in [3.8, 4) is 0 Å². The van der Waals surface area contributed by atoms with Gasteiger partial charge in [0, 0.05) is 12.5 Å². The molecule has 116 valence electrons. The predicted octanol–water partition coefficient (Wildman–Crippen LogP) is 3.08. The summed E-state index contributed by atoms with van der Waals surface area (Å²) in [5, 5.41) is 9.55. The van der Waals surface area contributed by atoms with Gasteiger partial charge in [0.2, 0.25) is 0 Å². The molecule has 0 spiro atoms. The lowest BCUT2D eigenvalue weighted by atomic mass is 9.95. The molecule has 2 rings (SSSR count). The number of rotatable bonds is 2. The zero-order valence-electron chi connectivity index (χ0n) is 13.3. The molecule has 1 N–H and O–H groups in total. The lowest BCUT2D eigenvalue weighted by Crippen LogP contribution is -2.41. The van der Waals surface area contributed by atoms with E-state index < -0.39 is 5.60 Å². The number of ether oxygens (including phenoxy) is 1. The van der Waals surface area contributed by atoms with Crippen LogP contribution in [0.1, 0.15) is 44.2 Å². The Balaban J connectivity index is 2.12. The Morgan fingerprint density at radius 3 is 2.71 bits per heavy atom. The van der Waals surface area contributed by atoms with Gasteiger partial charge in [-0.25, -0.2) is 4.79 Å². The highest BCUT2D eigenvalue weighted by molar-refractivity contribution is 5.69. The maximum atomic E-state index is 12.3. The molecule has 1 aromatic rings. The number of hydrogen-bond donors (Lipinski definition) is 1. The number of aliphatic hydroxyl groups excluding tert-OH is 1. The van der Waals surface area contributed by atoms with Crippen LogP contribution in [0.2, 0.25) is 0 Å². The van der Waals surface area contributed by atoms with Crippen LogP contribution in [0, 0.1) is 6.92 Å². The molecule has 1 aliphatic heterocycles. The monoisotopic (exact) mass is 291 g/mol. The average Bonchev–Trinajstić information content (AvgIpc) is 2.81. The molecule has 1 unspecified atom stereocenters. The molecule has 1 aromatic carbocycles. The van der Waals surface area contributed by atoms with Crippen LogP contribution in [0.5, 0.6) is 0 Å². The highest BCUT2D eigenvalue weighted by Crippen LogP contribution is 2.32. The third-order valence-corrected chi connectivity index (χ3v) is 3.77. The highest BCUT2D eigenvalue weighted by Gasteiger charge is 2.37. The molecular formula is C17H25NO3. The molecule has 0 aliphatic carbocycles. The first kappa shape index (κ1) is 15.8. The molecule has 4 nitrogen and oxygen atoms in total. The van der Waals surface area contributed by atoms with Crippen molar-refractivity contribution in [2.45, 2.75) is 51.7 Å². The van der Waals surface area contributed by atoms with Gasteiger partial charge in [-0.1, -0.05) is 29.8 Å². The smallest absolute Gasteiger partial charge is 0.410 e. The fourth-order valence-corrected chi connectivity index (χ4v) is 2.80. The first-order valence-corrected chi connectivity index (χ1v) is 7.47. The van der Waals surface area contributed by atoms with E-state index in [2.05, 4.69) is 25.1 Å². The van der Waals surface area contributed by atoms with Crippen LogP contribution in [0.25, 0.3) is 0 Å². The summed E-state index contributed by atoms with van der Waals surface area (Å²) in [4.78, 5) is 13.9. The van der Waals surface area contributed by atoms with E-state index in [1.165, 1.54) is 11.1 Å². The quantitative estimate of drug-likeness (QED) is 0.911. The Morgan fingerprint density at radius 2 is 2.14 bits per heavy atom. The number of aliphatic hydroxyl groups is 1. The summed E-state index contributed by atoms with van der Waals surface area (Å²) in [6.45, 7) is 8.20. The van der Waals surface area contributed by atoms with E-state index >= 15 is 0 Å². The third-order valence-electron chi connectivity index (χ3n) is 3.77. The van der Waals surface area contributed by atoms with E-state index in [0.717, 1.165) is 6.42 Å². The number of aryl methyl sites for hydroxylation is 1. The molecule has 1 amide bonds. The normalized spacial score (nSPS) is 22.4. The van der Waals surface area contributed by atoms with Gasteiger partial charge in [-0.15, -0.1) is 0 Å². The number of nitrogens with zero attached hydrogens (tertiary/aromatic N) is 1. The fraction of sp³-hybridized carbons (Fsp3) is 0.588. The Hall–Kier alpha value is -1.55. The zero-order chi connectivity index (χ0) is 15.6. The lowest BCUT2D eigenvalue weighted by Gasteiger charge is -2.27. The molecule has 1 heterocycles. The summed E-state index contributed by atoms with van der Waals surface area (Å²) in [5.41, 5.74) is 1.92. The van der Waals surface area contributed by atoms with Crippen molar-refractivity contribution in [2.24, 2.45) is 0 Å². The molecule has 0 saturated carbocycles. The van der Waals surface area contributed by atoms with Crippen molar-refractivity contribution < 1.29 is 14.6 Å². The zero-order valence-corrected chi connectivity index (χ0v) is 13.3. The number of amides is 1. The first-order valence-electron chi connectivity index (χ1n) is 7.47. The minimum absolute atomic E-state index is 0.0262. The molecular weight excluding hydrogens is 266 g/mol. The topological polar surface area (TPSA) is 49.8 Å². The van der Waals surface area contributed by atoms with Crippen molar-refractivity contribution >= 4 is 6.09 Å². The van der Waals surface area contributed by atoms with E-state index in [-0.39, 0.29) is 24.7 Å². The van der Waals surface area contributed by atoms with Crippen LogP contribution >= 0.6 is 0 Å². The van der Waals surface area contributed by atoms with Gasteiger partial charge < -0.3 is 14.7 Å². The summed E-state index contributed by atoms with van der Waals surface area (Å²) >= 11 is 0. The van der Waals surface area contributed by atoms with Crippen molar-refractivity contribution in [1.82, 2.24) is 4.90 Å². The van der Waals surface area contributed by atoms with E-state index in [4.69, 9.17) is 4.74 Å². The Morgan fingerprint density at radius 1 is 1.43 bits per heavy atom. The molecule has 0 bridgehead atoms.